The molecule has 5 nitrogen and oxygen atoms in total. The molecule has 2 amide bonds. The van der Waals surface area contributed by atoms with E-state index in [0.29, 0.717) is 0 Å². The molecule has 0 aliphatic rings. The summed E-state index contributed by atoms with van der Waals surface area (Å²) in [6.45, 7) is 11.5. The number of rotatable bonds is 4. The van der Waals surface area contributed by atoms with E-state index in [-0.39, 0.29) is 18.2 Å². The van der Waals surface area contributed by atoms with E-state index in [0.717, 1.165) is 5.56 Å². The molecule has 128 valence electrons. The van der Waals surface area contributed by atoms with E-state index >= 15 is 0 Å². The number of carbonyl (C=O) groups is 2. The maximum absolute atomic E-state index is 12.4. The van der Waals surface area contributed by atoms with E-state index in [1.807, 2.05) is 71.9 Å². The van der Waals surface area contributed by atoms with Crippen molar-refractivity contribution in [1.82, 2.24) is 10.6 Å². The van der Waals surface area contributed by atoms with E-state index in [1.54, 1.807) is 0 Å². The van der Waals surface area contributed by atoms with Gasteiger partial charge in [0.05, 0.1) is 0 Å². The van der Waals surface area contributed by atoms with Crippen LogP contribution >= 0.6 is 0 Å². The maximum Gasteiger partial charge on any atom is 0.329 e. The van der Waals surface area contributed by atoms with Gasteiger partial charge in [0.1, 0.15) is 12.6 Å². The van der Waals surface area contributed by atoms with Gasteiger partial charge in [0, 0.05) is 5.54 Å². The van der Waals surface area contributed by atoms with Gasteiger partial charge in [0.2, 0.25) is 0 Å². The van der Waals surface area contributed by atoms with Gasteiger partial charge >= 0.3 is 12.0 Å². The van der Waals surface area contributed by atoms with Crippen LogP contribution in [0.2, 0.25) is 0 Å². The Bertz CT molecular complexity index is 527. The van der Waals surface area contributed by atoms with E-state index in [1.165, 1.54) is 0 Å². The fraction of sp³-hybridized carbons (Fsp3) is 0.556. The predicted octanol–water partition coefficient (Wildman–Crippen LogP) is 3.24. The van der Waals surface area contributed by atoms with Crippen LogP contribution in [0.1, 0.15) is 47.1 Å². The summed E-state index contributed by atoms with van der Waals surface area (Å²) in [5, 5.41) is 5.52. The summed E-state index contributed by atoms with van der Waals surface area (Å²) in [7, 11) is 0. The minimum atomic E-state index is -0.728. The fourth-order valence-corrected chi connectivity index (χ4v) is 1.95. The molecule has 0 aromatic heterocycles. The zero-order valence-electron chi connectivity index (χ0n) is 14.9. The third-order valence-corrected chi connectivity index (χ3v) is 3.09. The molecule has 1 aromatic carbocycles. The number of carbonyl (C=O) groups excluding carboxylic acids is 2. The Kier molecular flexibility index (Phi) is 6.19. The molecule has 0 saturated heterocycles. The Hall–Kier alpha value is -2.04. The molecule has 0 spiro atoms. The molecule has 23 heavy (non-hydrogen) atoms. The molecule has 0 bridgehead atoms. The average molecular weight is 320 g/mol. The van der Waals surface area contributed by atoms with Gasteiger partial charge in [0.25, 0.3) is 0 Å². The van der Waals surface area contributed by atoms with E-state index in [9.17, 15) is 9.59 Å². The van der Waals surface area contributed by atoms with Crippen molar-refractivity contribution in [3.05, 3.63) is 35.9 Å². The molecule has 0 saturated carbocycles. The maximum atomic E-state index is 12.4. The minimum absolute atomic E-state index is 0.189. The van der Waals surface area contributed by atoms with E-state index in [4.69, 9.17) is 4.74 Å². The smallest absolute Gasteiger partial charge is 0.329 e. The molecule has 0 radical (unpaired) electrons. The lowest BCUT2D eigenvalue weighted by molar-refractivity contribution is -0.150. The summed E-state index contributed by atoms with van der Waals surface area (Å²) in [4.78, 5) is 24.5. The highest BCUT2D eigenvalue weighted by Gasteiger charge is 2.34. The minimum Gasteiger partial charge on any atom is -0.459 e. The highest BCUT2D eigenvalue weighted by molar-refractivity contribution is 5.84. The summed E-state index contributed by atoms with van der Waals surface area (Å²) in [6.07, 6.45) is 0. The number of benzene rings is 1. The SMILES string of the molecule is CC(C)(C)NC(=O)N[C@H](C(=O)OCc1ccccc1)C(C)(C)C. The van der Waals surface area contributed by atoms with Crippen LogP contribution in [0.5, 0.6) is 0 Å². The molecule has 2 N–H and O–H groups in total. The molecule has 0 fully saturated rings. The summed E-state index contributed by atoms with van der Waals surface area (Å²) < 4.78 is 5.37. The Morgan fingerprint density at radius 3 is 2.09 bits per heavy atom. The van der Waals surface area contributed by atoms with Crippen molar-refractivity contribution in [2.75, 3.05) is 0 Å². The Morgan fingerprint density at radius 1 is 1.04 bits per heavy atom. The molecule has 0 heterocycles. The van der Waals surface area contributed by atoms with Gasteiger partial charge in [-0.15, -0.1) is 0 Å². The quantitative estimate of drug-likeness (QED) is 0.837. The third-order valence-electron chi connectivity index (χ3n) is 3.09. The van der Waals surface area contributed by atoms with Crippen LogP contribution < -0.4 is 10.6 Å². The van der Waals surface area contributed by atoms with Crippen molar-refractivity contribution < 1.29 is 14.3 Å². The second-order valence-corrected chi connectivity index (χ2v) is 7.74. The van der Waals surface area contributed by atoms with Crippen LogP contribution in [0.3, 0.4) is 0 Å². The van der Waals surface area contributed by atoms with Gasteiger partial charge in [0.15, 0.2) is 0 Å². The first kappa shape index (κ1) is 19.0. The molecular weight excluding hydrogens is 292 g/mol. The Labute approximate surface area is 138 Å². The Morgan fingerprint density at radius 2 is 1.61 bits per heavy atom. The number of hydrogen-bond acceptors (Lipinski definition) is 3. The zero-order valence-corrected chi connectivity index (χ0v) is 14.9. The fourth-order valence-electron chi connectivity index (χ4n) is 1.95. The summed E-state index contributed by atoms with van der Waals surface area (Å²) in [5.74, 6) is -0.439. The topological polar surface area (TPSA) is 67.4 Å². The van der Waals surface area contributed by atoms with Gasteiger partial charge in [-0.3, -0.25) is 0 Å². The predicted molar refractivity (Wildman–Crippen MR) is 90.9 cm³/mol. The lowest BCUT2D eigenvalue weighted by Crippen LogP contribution is -2.55. The second-order valence-electron chi connectivity index (χ2n) is 7.74. The van der Waals surface area contributed by atoms with E-state index < -0.39 is 17.4 Å². The molecular formula is C18H28N2O3. The molecule has 1 atom stereocenters. The van der Waals surface area contributed by atoms with Crippen molar-refractivity contribution >= 4 is 12.0 Å². The molecule has 1 rings (SSSR count). The van der Waals surface area contributed by atoms with Crippen molar-refractivity contribution in [2.24, 2.45) is 5.41 Å². The van der Waals surface area contributed by atoms with Crippen LogP contribution in [-0.4, -0.2) is 23.6 Å². The van der Waals surface area contributed by atoms with Crippen molar-refractivity contribution in [3.63, 3.8) is 0 Å². The van der Waals surface area contributed by atoms with Crippen molar-refractivity contribution in [3.8, 4) is 0 Å². The van der Waals surface area contributed by atoms with Crippen molar-refractivity contribution in [2.45, 2.75) is 59.7 Å². The van der Waals surface area contributed by atoms with Crippen LogP contribution in [0.25, 0.3) is 0 Å². The summed E-state index contributed by atoms with van der Waals surface area (Å²) >= 11 is 0. The summed E-state index contributed by atoms with van der Waals surface area (Å²) in [5.41, 5.74) is 0.0800. The first-order valence-corrected chi connectivity index (χ1v) is 7.78. The number of urea groups is 1. The number of esters is 1. The zero-order chi connectivity index (χ0) is 17.7. The van der Waals surface area contributed by atoms with Gasteiger partial charge in [-0.25, -0.2) is 9.59 Å². The molecule has 0 unspecified atom stereocenters. The van der Waals surface area contributed by atoms with Gasteiger partial charge in [-0.05, 0) is 31.7 Å². The highest BCUT2D eigenvalue weighted by Crippen LogP contribution is 2.21. The largest absolute Gasteiger partial charge is 0.459 e. The van der Waals surface area contributed by atoms with Gasteiger partial charge in [-0.2, -0.15) is 0 Å². The number of hydrogen-bond donors (Lipinski definition) is 2. The molecule has 0 aliphatic heterocycles. The number of nitrogens with one attached hydrogen (secondary N) is 2. The van der Waals surface area contributed by atoms with Crippen LogP contribution in [-0.2, 0) is 16.1 Å². The highest BCUT2D eigenvalue weighted by atomic mass is 16.5. The number of amides is 2. The molecule has 0 aliphatic carbocycles. The number of ether oxygens (including phenoxy) is 1. The lowest BCUT2D eigenvalue weighted by atomic mass is 9.87. The first-order valence-electron chi connectivity index (χ1n) is 7.78. The average Bonchev–Trinajstić information content (AvgIpc) is 2.40. The third kappa shape index (κ3) is 7.17. The monoisotopic (exact) mass is 320 g/mol. The molecule has 5 heteroatoms. The Balaban J connectivity index is 2.70. The van der Waals surface area contributed by atoms with Gasteiger partial charge < -0.3 is 15.4 Å². The van der Waals surface area contributed by atoms with Gasteiger partial charge in [-0.1, -0.05) is 51.1 Å². The van der Waals surface area contributed by atoms with Crippen LogP contribution in [0.15, 0.2) is 30.3 Å². The summed E-state index contributed by atoms with van der Waals surface area (Å²) in [6, 6.07) is 8.35. The first-order chi connectivity index (χ1) is 10.5. The normalized spacial score (nSPS) is 13.1. The van der Waals surface area contributed by atoms with Crippen LogP contribution in [0, 0.1) is 5.41 Å². The standard InChI is InChI=1S/C18H28N2O3/c1-17(2,3)14(19-16(22)20-18(4,5)6)15(21)23-12-13-10-8-7-9-11-13/h7-11,14H,12H2,1-6H3,(H2,19,20,22)/t14-/m1/s1. The van der Waals surface area contributed by atoms with E-state index in [2.05, 4.69) is 10.6 Å². The molecule has 1 aromatic rings. The van der Waals surface area contributed by atoms with Crippen molar-refractivity contribution in [1.29, 1.82) is 0 Å². The second kappa shape index (κ2) is 7.49. The van der Waals surface area contributed by atoms with Crippen LogP contribution in [0.4, 0.5) is 4.79 Å². The lowest BCUT2D eigenvalue weighted by Gasteiger charge is -2.31.